The molecule has 0 spiro atoms. The van der Waals surface area contributed by atoms with Gasteiger partial charge in [-0.15, -0.1) is 0 Å². The van der Waals surface area contributed by atoms with E-state index in [0.717, 1.165) is 18.4 Å². The monoisotopic (exact) mass is 136 g/mol. The summed E-state index contributed by atoms with van der Waals surface area (Å²) in [5, 5.41) is 10.3. The highest BCUT2D eigenvalue weighted by Gasteiger charge is 2.16. The van der Waals surface area contributed by atoms with Crippen molar-refractivity contribution in [1.82, 2.24) is 5.32 Å². The van der Waals surface area contributed by atoms with Gasteiger partial charge < -0.3 is 10.7 Å². The average molecular weight is 136 g/mol. The molecule has 0 unspecified atom stereocenters. The molecule has 1 aliphatic rings. The maximum Gasteiger partial charge on any atom is 0.0386 e. The second-order valence-corrected chi connectivity index (χ2v) is 2.42. The Hall–Kier alpha value is -1.05. The highest BCUT2D eigenvalue weighted by molar-refractivity contribution is 6.04. The zero-order valence-corrected chi connectivity index (χ0v) is 6.20. The van der Waals surface area contributed by atoms with Crippen molar-refractivity contribution in [2.45, 2.75) is 12.8 Å². The molecule has 0 atom stereocenters. The molecule has 0 amide bonds. The normalized spacial score (nSPS) is 22.3. The quantitative estimate of drug-likeness (QED) is 0.562. The molecule has 0 saturated heterocycles. The van der Waals surface area contributed by atoms with Gasteiger partial charge in [0.2, 0.25) is 0 Å². The summed E-state index contributed by atoms with van der Waals surface area (Å²) in [6, 6.07) is 0. The van der Waals surface area contributed by atoms with Crippen LogP contribution in [0.3, 0.4) is 0 Å². The predicted octanol–water partition coefficient (Wildman–Crippen LogP) is 1.46. The maximum absolute atomic E-state index is 7.40. The molecular weight excluding hydrogens is 124 g/mol. The van der Waals surface area contributed by atoms with Crippen molar-refractivity contribution in [3.8, 4) is 0 Å². The summed E-state index contributed by atoms with van der Waals surface area (Å²) in [6.45, 7) is 3.80. The van der Waals surface area contributed by atoms with Crippen LogP contribution in [0.1, 0.15) is 12.8 Å². The van der Waals surface area contributed by atoms with E-state index in [-0.39, 0.29) is 0 Å². The minimum absolute atomic E-state index is 0.682. The van der Waals surface area contributed by atoms with Gasteiger partial charge in [0.25, 0.3) is 0 Å². The van der Waals surface area contributed by atoms with E-state index in [1.54, 1.807) is 0 Å². The topological polar surface area (TPSA) is 35.9 Å². The number of nitrogens with one attached hydrogen (secondary N) is 2. The highest BCUT2D eigenvalue weighted by Crippen LogP contribution is 2.24. The van der Waals surface area contributed by atoms with Crippen LogP contribution in [0, 0.1) is 5.41 Å². The second kappa shape index (κ2) is 2.69. The molecule has 2 nitrogen and oxygen atoms in total. The molecule has 0 aromatic carbocycles. The van der Waals surface area contributed by atoms with Crippen LogP contribution in [0.25, 0.3) is 0 Å². The Labute approximate surface area is 61.1 Å². The first-order valence-corrected chi connectivity index (χ1v) is 3.39. The fourth-order valence-corrected chi connectivity index (χ4v) is 1.09. The van der Waals surface area contributed by atoms with E-state index in [9.17, 15) is 0 Å². The van der Waals surface area contributed by atoms with Gasteiger partial charge in [-0.2, -0.15) is 0 Å². The Balaban J connectivity index is 2.75. The first-order chi connectivity index (χ1) is 4.75. The van der Waals surface area contributed by atoms with Crippen LogP contribution in [-0.4, -0.2) is 12.8 Å². The van der Waals surface area contributed by atoms with Crippen molar-refractivity contribution in [1.29, 1.82) is 5.41 Å². The average Bonchev–Trinajstić information content (AvgIpc) is 2.20. The fourth-order valence-electron chi connectivity index (χ4n) is 1.09. The van der Waals surface area contributed by atoms with Crippen molar-refractivity contribution in [3.63, 3.8) is 0 Å². The summed E-state index contributed by atoms with van der Waals surface area (Å²) in [5.41, 5.74) is 2.75. The Morgan fingerprint density at radius 3 is 2.70 bits per heavy atom. The SMILES string of the molecule is C=C1C(=N)CC/C1=C/NC. The lowest BCUT2D eigenvalue weighted by molar-refractivity contribution is 1.03. The molecule has 0 aliphatic heterocycles. The van der Waals surface area contributed by atoms with E-state index in [1.807, 2.05) is 13.2 Å². The van der Waals surface area contributed by atoms with Gasteiger partial charge in [0, 0.05) is 19.0 Å². The Bertz CT molecular complexity index is 201. The molecule has 2 heteroatoms. The van der Waals surface area contributed by atoms with E-state index in [0.29, 0.717) is 5.71 Å². The molecule has 0 radical (unpaired) electrons. The molecule has 1 fully saturated rings. The first kappa shape index (κ1) is 7.06. The number of allylic oxidation sites excluding steroid dienone is 2. The van der Waals surface area contributed by atoms with Crippen molar-refractivity contribution in [2.24, 2.45) is 0 Å². The van der Waals surface area contributed by atoms with E-state index in [2.05, 4.69) is 11.9 Å². The third-order valence-electron chi connectivity index (χ3n) is 1.71. The van der Waals surface area contributed by atoms with Crippen LogP contribution in [-0.2, 0) is 0 Å². The minimum atomic E-state index is 0.682. The largest absolute Gasteiger partial charge is 0.394 e. The summed E-state index contributed by atoms with van der Waals surface area (Å²) in [5.74, 6) is 0. The van der Waals surface area contributed by atoms with Gasteiger partial charge in [0.05, 0.1) is 0 Å². The van der Waals surface area contributed by atoms with Gasteiger partial charge in [-0.1, -0.05) is 6.58 Å². The van der Waals surface area contributed by atoms with Crippen molar-refractivity contribution in [2.75, 3.05) is 7.05 Å². The molecule has 1 aliphatic carbocycles. The molecule has 0 heterocycles. The molecule has 54 valence electrons. The van der Waals surface area contributed by atoms with Gasteiger partial charge in [-0.25, -0.2) is 0 Å². The lowest BCUT2D eigenvalue weighted by atomic mass is 10.2. The van der Waals surface area contributed by atoms with Crippen LogP contribution < -0.4 is 5.32 Å². The summed E-state index contributed by atoms with van der Waals surface area (Å²) in [6.07, 6.45) is 3.74. The van der Waals surface area contributed by atoms with Crippen molar-refractivity contribution < 1.29 is 0 Å². The predicted molar refractivity (Wildman–Crippen MR) is 43.2 cm³/mol. The van der Waals surface area contributed by atoms with Crippen LogP contribution in [0.15, 0.2) is 23.9 Å². The van der Waals surface area contributed by atoms with Crippen LogP contribution in [0.2, 0.25) is 0 Å². The van der Waals surface area contributed by atoms with Crippen molar-refractivity contribution >= 4 is 5.71 Å². The lowest BCUT2D eigenvalue weighted by Crippen LogP contribution is -1.96. The summed E-state index contributed by atoms with van der Waals surface area (Å²) >= 11 is 0. The van der Waals surface area contributed by atoms with Crippen molar-refractivity contribution in [3.05, 3.63) is 23.9 Å². The summed E-state index contributed by atoms with van der Waals surface area (Å²) in [4.78, 5) is 0. The standard InChI is InChI=1S/C8H12N2/c1-6-7(5-10-2)3-4-8(6)9/h5,9-10H,1,3-4H2,2H3/b7-5-,9-8?. The molecule has 1 rings (SSSR count). The van der Waals surface area contributed by atoms with E-state index in [4.69, 9.17) is 5.41 Å². The van der Waals surface area contributed by atoms with Gasteiger partial charge >= 0.3 is 0 Å². The smallest absolute Gasteiger partial charge is 0.0386 e. The van der Waals surface area contributed by atoms with E-state index < -0.39 is 0 Å². The van der Waals surface area contributed by atoms with Gasteiger partial charge in [-0.3, -0.25) is 0 Å². The van der Waals surface area contributed by atoms with Gasteiger partial charge in [-0.05, 0) is 24.0 Å². The molecule has 0 aromatic heterocycles. The third kappa shape index (κ3) is 1.10. The van der Waals surface area contributed by atoms with Crippen LogP contribution in [0.4, 0.5) is 0 Å². The number of rotatable bonds is 1. The number of hydrogen-bond donors (Lipinski definition) is 2. The minimum Gasteiger partial charge on any atom is -0.394 e. The second-order valence-electron chi connectivity index (χ2n) is 2.42. The van der Waals surface area contributed by atoms with Gasteiger partial charge in [0.1, 0.15) is 0 Å². The zero-order chi connectivity index (χ0) is 7.56. The lowest BCUT2D eigenvalue weighted by Gasteiger charge is -1.96. The van der Waals surface area contributed by atoms with E-state index in [1.165, 1.54) is 5.57 Å². The molecular formula is C8H12N2. The van der Waals surface area contributed by atoms with E-state index >= 15 is 0 Å². The molecule has 0 bridgehead atoms. The molecule has 0 aromatic rings. The third-order valence-corrected chi connectivity index (χ3v) is 1.71. The number of hydrogen-bond acceptors (Lipinski definition) is 2. The molecule has 2 N–H and O–H groups in total. The van der Waals surface area contributed by atoms with Crippen LogP contribution >= 0.6 is 0 Å². The Kier molecular flexibility index (Phi) is 1.90. The molecule has 1 saturated carbocycles. The van der Waals surface area contributed by atoms with Gasteiger partial charge in [0.15, 0.2) is 0 Å². The maximum atomic E-state index is 7.40. The summed E-state index contributed by atoms with van der Waals surface area (Å²) in [7, 11) is 1.86. The summed E-state index contributed by atoms with van der Waals surface area (Å²) < 4.78 is 0. The van der Waals surface area contributed by atoms with Crippen LogP contribution in [0.5, 0.6) is 0 Å². The Morgan fingerprint density at radius 2 is 2.30 bits per heavy atom. The highest BCUT2D eigenvalue weighted by atomic mass is 14.8. The fraction of sp³-hybridized carbons (Fsp3) is 0.375. The molecule has 10 heavy (non-hydrogen) atoms. The first-order valence-electron chi connectivity index (χ1n) is 3.39. The Morgan fingerprint density at radius 1 is 1.60 bits per heavy atom. The zero-order valence-electron chi connectivity index (χ0n) is 6.20.